The van der Waals surface area contributed by atoms with E-state index < -0.39 is 0 Å². The zero-order valence-electron chi connectivity index (χ0n) is 14.7. The molecule has 1 atom stereocenters. The smallest absolute Gasteiger partial charge is 0.229 e. The number of benzene rings is 2. The summed E-state index contributed by atoms with van der Waals surface area (Å²) in [6.07, 6.45) is 2.11. The number of hydrogen-bond acceptors (Lipinski definition) is 5. The summed E-state index contributed by atoms with van der Waals surface area (Å²) < 4.78 is 0.791. The van der Waals surface area contributed by atoms with Gasteiger partial charge in [-0.25, -0.2) is 4.98 Å². The van der Waals surface area contributed by atoms with E-state index in [4.69, 9.17) is 0 Å². The van der Waals surface area contributed by atoms with Gasteiger partial charge in [-0.05, 0) is 52.2 Å². The van der Waals surface area contributed by atoms with E-state index >= 15 is 0 Å². The highest BCUT2D eigenvalue weighted by molar-refractivity contribution is 9.10. The first kappa shape index (κ1) is 17.5. The molecule has 3 aromatic rings. The predicted octanol–water partition coefficient (Wildman–Crippen LogP) is 4.65. The lowest BCUT2D eigenvalue weighted by Gasteiger charge is -2.16. The summed E-state index contributed by atoms with van der Waals surface area (Å²) in [5.74, 6) is 1.21. The Morgan fingerprint density at radius 2 is 2.00 bits per heavy atom. The highest BCUT2D eigenvalue weighted by atomic mass is 79.9. The van der Waals surface area contributed by atoms with Gasteiger partial charge < -0.3 is 16.0 Å². The first-order valence-corrected chi connectivity index (χ1v) is 9.41. The van der Waals surface area contributed by atoms with Crippen LogP contribution in [-0.4, -0.2) is 15.9 Å². The van der Waals surface area contributed by atoms with Gasteiger partial charge >= 0.3 is 0 Å². The second-order valence-electron chi connectivity index (χ2n) is 6.39. The third-order valence-corrected chi connectivity index (χ3v) is 4.96. The normalized spacial score (nSPS) is 13.6. The molecule has 0 saturated carbocycles. The van der Waals surface area contributed by atoms with Crippen molar-refractivity contribution in [2.45, 2.75) is 19.4 Å². The third kappa shape index (κ3) is 3.93. The molecule has 1 aliphatic heterocycles. The number of aromatic nitrogens is 2. The van der Waals surface area contributed by atoms with Crippen LogP contribution in [0.5, 0.6) is 0 Å². The van der Waals surface area contributed by atoms with Crippen molar-refractivity contribution in [1.82, 2.24) is 9.97 Å². The van der Waals surface area contributed by atoms with Gasteiger partial charge in [0.1, 0.15) is 5.82 Å². The van der Waals surface area contributed by atoms with Crippen LogP contribution >= 0.6 is 15.9 Å². The average Bonchev–Trinajstić information content (AvgIpc) is 3.04. The quantitative estimate of drug-likeness (QED) is 0.556. The van der Waals surface area contributed by atoms with Crippen molar-refractivity contribution in [3.8, 4) is 0 Å². The van der Waals surface area contributed by atoms with Gasteiger partial charge in [-0.15, -0.1) is 0 Å². The van der Waals surface area contributed by atoms with Crippen LogP contribution in [0.4, 0.5) is 23.1 Å². The van der Waals surface area contributed by atoms with Crippen molar-refractivity contribution < 1.29 is 4.79 Å². The van der Waals surface area contributed by atoms with Gasteiger partial charge in [-0.3, -0.25) is 4.79 Å². The van der Waals surface area contributed by atoms with Crippen molar-refractivity contribution in [2.75, 3.05) is 16.0 Å². The van der Waals surface area contributed by atoms with Crippen LogP contribution in [0.2, 0.25) is 0 Å². The first-order valence-electron chi connectivity index (χ1n) is 8.62. The Morgan fingerprint density at radius 1 is 1.19 bits per heavy atom. The van der Waals surface area contributed by atoms with Gasteiger partial charge in [0.15, 0.2) is 0 Å². The fraction of sp³-hybridized carbons (Fsp3) is 0.150. The maximum atomic E-state index is 11.5. The highest BCUT2D eigenvalue weighted by Gasteiger charge is 2.18. The molecule has 1 amide bonds. The van der Waals surface area contributed by atoms with Crippen molar-refractivity contribution in [3.05, 3.63) is 70.3 Å². The van der Waals surface area contributed by atoms with Gasteiger partial charge in [0, 0.05) is 23.6 Å². The SMILES string of the molecule is CC(Nc1nc(Nc2ccc3c(c2)CC(=O)N3)ncc1Br)c1ccccc1. The van der Waals surface area contributed by atoms with E-state index in [1.807, 2.05) is 36.4 Å². The zero-order chi connectivity index (χ0) is 18.8. The highest BCUT2D eigenvalue weighted by Crippen LogP contribution is 2.29. The number of amides is 1. The Labute approximate surface area is 165 Å². The van der Waals surface area contributed by atoms with E-state index in [0.29, 0.717) is 18.2 Å². The van der Waals surface area contributed by atoms with E-state index in [1.54, 1.807) is 6.20 Å². The van der Waals surface area contributed by atoms with Gasteiger partial charge in [0.2, 0.25) is 11.9 Å². The summed E-state index contributed by atoms with van der Waals surface area (Å²) in [4.78, 5) is 20.4. The van der Waals surface area contributed by atoms with Crippen LogP contribution < -0.4 is 16.0 Å². The lowest BCUT2D eigenvalue weighted by molar-refractivity contribution is -0.115. The Morgan fingerprint density at radius 3 is 2.81 bits per heavy atom. The molecule has 2 heterocycles. The maximum absolute atomic E-state index is 11.5. The van der Waals surface area contributed by atoms with Crippen LogP contribution in [0.15, 0.2) is 59.2 Å². The Hall–Kier alpha value is -2.93. The second kappa shape index (κ2) is 7.36. The van der Waals surface area contributed by atoms with E-state index in [2.05, 4.69) is 60.9 Å². The lowest BCUT2D eigenvalue weighted by Crippen LogP contribution is -2.10. The molecule has 3 N–H and O–H groups in total. The summed E-state index contributed by atoms with van der Waals surface area (Å²) in [5, 5.41) is 9.44. The molecule has 0 aliphatic carbocycles. The molecule has 136 valence electrons. The van der Waals surface area contributed by atoms with Crippen LogP contribution in [-0.2, 0) is 11.2 Å². The molecule has 27 heavy (non-hydrogen) atoms. The fourth-order valence-electron chi connectivity index (χ4n) is 2.99. The number of carbonyl (C=O) groups excluding carboxylic acids is 1. The van der Waals surface area contributed by atoms with Gasteiger partial charge in [-0.1, -0.05) is 30.3 Å². The van der Waals surface area contributed by atoms with Crippen molar-refractivity contribution in [3.63, 3.8) is 0 Å². The van der Waals surface area contributed by atoms with Gasteiger partial charge in [0.25, 0.3) is 0 Å². The van der Waals surface area contributed by atoms with Crippen molar-refractivity contribution in [2.24, 2.45) is 0 Å². The fourth-order valence-corrected chi connectivity index (χ4v) is 3.30. The molecule has 0 spiro atoms. The average molecular weight is 424 g/mol. The standard InChI is InChI=1S/C20H18BrN5O/c1-12(13-5-3-2-4-6-13)23-19-16(21)11-22-20(26-19)24-15-7-8-17-14(9-15)10-18(27)25-17/h2-9,11-12H,10H2,1H3,(H,25,27)(H2,22,23,24,26). The zero-order valence-corrected chi connectivity index (χ0v) is 16.2. The van der Waals surface area contributed by atoms with Crippen LogP contribution in [0.1, 0.15) is 24.1 Å². The molecule has 0 bridgehead atoms. The molecular weight excluding hydrogens is 406 g/mol. The van der Waals surface area contributed by atoms with Gasteiger partial charge in [-0.2, -0.15) is 4.98 Å². The molecular formula is C20H18BrN5O. The summed E-state index contributed by atoms with van der Waals surface area (Å²) in [5.41, 5.74) is 3.85. The number of nitrogens with one attached hydrogen (secondary N) is 3. The number of nitrogens with zero attached hydrogens (tertiary/aromatic N) is 2. The summed E-state index contributed by atoms with van der Waals surface area (Å²) >= 11 is 3.50. The van der Waals surface area contributed by atoms with E-state index in [9.17, 15) is 4.79 Å². The van der Waals surface area contributed by atoms with Crippen LogP contribution in [0.3, 0.4) is 0 Å². The van der Waals surface area contributed by atoms with Crippen molar-refractivity contribution in [1.29, 1.82) is 0 Å². The minimum Gasteiger partial charge on any atom is -0.362 e. The monoisotopic (exact) mass is 423 g/mol. The molecule has 4 rings (SSSR count). The van der Waals surface area contributed by atoms with E-state index in [0.717, 1.165) is 21.4 Å². The number of rotatable bonds is 5. The van der Waals surface area contributed by atoms with Crippen molar-refractivity contribution >= 4 is 45.0 Å². The summed E-state index contributed by atoms with van der Waals surface area (Å²) in [6.45, 7) is 2.08. The Bertz CT molecular complexity index is 993. The number of carbonyl (C=O) groups is 1. The number of hydrogen-bond donors (Lipinski definition) is 3. The first-order chi connectivity index (χ1) is 13.1. The molecule has 0 saturated heterocycles. The maximum Gasteiger partial charge on any atom is 0.229 e. The minimum absolute atomic E-state index is 0.0171. The van der Waals surface area contributed by atoms with E-state index in [1.165, 1.54) is 5.56 Å². The lowest BCUT2D eigenvalue weighted by atomic mass is 10.1. The summed E-state index contributed by atoms with van der Waals surface area (Å²) in [6, 6.07) is 16.0. The second-order valence-corrected chi connectivity index (χ2v) is 7.24. The molecule has 1 aromatic heterocycles. The molecule has 0 fully saturated rings. The molecule has 7 heteroatoms. The molecule has 2 aromatic carbocycles. The molecule has 6 nitrogen and oxygen atoms in total. The number of halogens is 1. The molecule has 0 radical (unpaired) electrons. The van der Waals surface area contributed by atoms with E-state index in [-0.39, 0.29) is 11.9 Å². The molecule has 1 aliphatic rings. The Balaban J connectivity index is 1.52. The Kier molecular flexibility index (Phi) is 4.77. The third-order valence-electron chi connectivity index (χ3n) is 4.38. The van der Waals surface area contributed by atoms with Crippen LogP contribution in [0.25, 0.3) is 0 Å². The number of anilines is 4. The summed E-state index contributed by atoms with van der Waals surface area (Å²) in [7, 11) is 0. The predicted molar refractivity (Wildman–Crippen MR) is 110 cm³/mol. The van der Waals surface area contributed by atoms with Gasteiger partial charge in [0.05, 0.1) is 10.9 Å². The number of fused-ring (bicyclic) bond motifs is 1. The minimum atomic E-state index is 0.0171. The van der Waals surface area contributed by atoms with Crippen LogP contribution in [0, 0.1) is 0 Å². The molecule has 1 unspecified atom stereocenters. The largest absolute Gasteiger partial charge is 0.362 e. The topological polar surface area (TPSA) is 78.9 Å².